The van der Waals surface area contributed by atoms with Crippen LogP contribution < -0.4 is 0 Å². The van der Waals surface area contributed by atoms with Crippen molar-refractivity contribution in [3.63, 3.8) is 0 Å². The van der Waals surface area contributed by atoms with Gasteiger partial charge in [0.15, 0.2) is 0 Å². The maximum atomic E-state index is 11.4. The minimum atomic E-state index is -0.445. The van der Waals surface area contributed by atoms with Gasteiger partial charge in [0.1, 0.15) is 6.10 Å². The molecule has 1 aliphatic carbocycles. The van der Waals surface area contributed by atoms with E-state index >= 15 is 0 Å². The topological polar surface area (TPSA) is 46.5 Å². The van der Waals surface area contributed by atoms with Gasteiger partial charge in [-0.1, -0.05) is 31.1 Å². The van der Waals surface area contributed by atoms with Crippen LogP contribution in [0.25, 0.3) is 0 Å². The van der Waals surface area contributed by atoms with E-state index in [9.17, 15) is 9.90 Å². The van der Waals surface area contributed by atoms with Gasteiger partial charge in [-0.25, -0.2) is 0 Å². The lowest BCUT2D eigenvalue weighted by molar-refractivity contribution is -0.147. The lowest BCUT2D eigenvalue weighted by atomic mass is 9.83. The van der Waals surface area contributed by atoms with Crippen molar-refractivity contribution in [2.75, 3.05) is 0 Å². The predicted octanol–water partition coefficient (Wildman–Crippen LogP) is 3.63. The van der Waals surface area contributed by atoms with Gasteiger partial charge in [0.05, 0.1) is 6.10 Å². The molecule has 0 aromatic heterocycles. The first kappa shape index (κ1) is 17.0. The van der Waals surface area contributed by atoms with E-state index in [-0.39, 0.29) is 12.1 Å². The van der Waals surface area contributed by atoms with Gasteiger partial charge in [0.25, 0.3) is 0 Å². The Kier molecular flexibility index (Phi) is 6.47. The molecule has 0 saturated heterocycles. The molecule has 0 amide bonds. The van der Waals surface area contributed by atoms with Crippen molar-refractivity contribution in [1.29, 1.82) is 0 Å². The van der Waals surface area contributed by atoms with Gasteiger partial charge in [-0.15, -0.1) is 0 Å². The largest absolute Gasteiger partial charge is 0.458 e. The molecule has 3 unspecified atom stereocenters. The zero-order chi connectivity index (χ0) is 15.3. The minimum absolute atomic E-state index is 0.189. The molecule has 0 aromatic rings. The molecule has 0 spiro atoms. The average molecular weight is 280 g/mol. The number of allylic oxidation sites excluding steroid dienone is 1. The fourth-order valence-electron chi connectivity index (χ4n) is 2.86. The molecule has 1 N–H and O–H groups in total. The zero-order valence-electron chi connectivity index (χ0n) is 13.3. The second kappa shape index (κ2) is 7.63. The Balaban J connectivity index is 3.04. The lowest BCUT2D eigenvalue weighted by Gasteiger charge is -2.29. The van der Waals surface area contributed by atoms with Gasteiger partial charge >= 0.3 is 5.97 Å². The van der Waals surface area contributed by atoms with Gasteiger partial charge in [0, 0.05) is 12.8 Å². The highest BCUT2D eigenvalue weighted by Gasteiger charge is 2.26. The molecule has 0 aromatic carbocycles. The molecule has 0 radical (unpaired) electrons. The summed E-state index contributed by atoms with van der Waals surface area (Å²) in [5.74, 6) is 0.516. The molecule has 3 heteroatoms. The van der Waals surface area contributed by atoms with Crippen LogP contribution in [-0.2, 0) is 9.53 Å². The van der Waals surface area contributed by atoms with E-state index in [1.807, 2.05) is 19.1 Å². The van der Waals surface area contributed by atoms with Crippen molar-refractivity contribution < 1.29 is 14.6 Å². The molecule has 1 rings (SSSR count). The van der Waals surface area contributed by atoms with Gasteiger partial charge in [0.2, 0.25) is 0 Å². The number of hydrogen-bond acceptors (Lipinski definition) is 3. The summed E-state index contributed by atoms with van der Waals surface area (Å²) in [6, 6.07) is 0. The molecule has 114 valence electrons. The van der Waals surface area contributed by atoms with E-state index in [0.29, 0.717) is 18.3 Å². The van der Waals surface area contributed by atoms with Gasteiger partial charge in [-0.3, -0.25) is 4.79 Å². The second-order valence-corrected chi connectivity index (χ2v) is 6.32. The minimum Gasteiger partial charge on any atom is -0.458 e. The smallest absolute Gasteiger partial charge is 0.303 e. The number of rotatable bonds is 2. The fourth-order valence-corrected chi connectivity index (χ4v) is 2.86. The molecular weight excluding hydrogens is 252 g/mol. The Labute approximate surface area is 122 Å². The first-order valence-corrected chi connectivity index (χ1v) is 7.49. The van der Waals surface area contributed by atoms with Gasteiger partial charge in [-0.05, 0) is 45.1 Å². The molecule has 3 nitrogen and oxygen atoms in total. The molecule has 3 atom stereocenters. The Morgan fingerprint density at radius 3 is 2.50 bits per heavy atom. The van der Waals surface area contributed by atoms with Crippen LogP contribution in [0.15, 0.2) is 23.3 Å². The lowest BCUT2D eigenvalue weighted by Crippen LogP contribution is -2.29. The number of carbonyl (C=O) groups excluding carboxylic acids is 1. The molecule has 0 saturated carbocycles. The van der Waals surface area contributed by atoms with Crippen LogP contribution in [0.4, 0.5) is 0 Å². The number of aliphatic hydroxyl groups is 1. The highest BCUT2D eigenvalue weighted by molar-refractivity contribution is 5.66. The summed E-state index contributed by atoms with van der Waals surface area (Å²) in [4.78, 5) is 11.4. The van der Waals surface area contributed by atoms with Crippen molar-refractivity contribution in [2.24, 2.45) is 11.8 Å². The number of esters is 1. The van der Waals surface area contributed by atoms with E-state index in [1.54, 1.807) is 0 Å². The molecule has 0 bridgehead atoms. The van der Waals surface area contributed by atoms with Crippen LogP contribution in [0.2, 0.25) is 0 Å². The summed E-state index contributed by atoms with van der Waals surface area (Å²) >= 11 is 0. The SMILES string of the molecule is CC(=O)OC1C=C(C)CC(O)C=C(C)CCC1C(C)C. The Bertz CT molecular complexity index is 393. The maximum absolute atomic E-state index is 11.4. The molecule has 0 aliphatic heterocycles. The van der Waals surface area contributed by atoms with Crippen LogP contribution in [0.5, 0.6) is 0 Å². The Hall–Kier alpha value is -1.09. The summed E-state index contributed by atoms with van der Waals surface area (Å²) in [6.45, 7) is 9.84. The third-order valence-corrected chi connectivity index (χ3v) is 3.91. The molecular formula is C17H28O3. The van der Waals surface area contributed by atoms with Crippen molar-refractivity contribution in [3.8, 4) is 0 Å². The molecule has 0 fully saturated rings. The highest BCUT2D eigenvalue weighted by Crippen LogP contribution is 2.29. The maximum Gasteiger partial charge on any atom is 0.303 e. The van der Waals surface area contributed by atoms with Gasteiger partial charge < -0.3 is 9.84 Å². The van der Waals surface area contributed by atoms with E-state index in [4.69, 9.17) is 4.74 Å². The van der Waals surface area contributed by atoms with E-state index < -0.39 is 6.10 Å². The Morgan fingerprint density at radius 2 is 1.95 bits per heavy atom. The number of hydrogen-bond donors (Lipinski definition) is 1. The van der Waals surface area contributed by atoms with E-state index in [2.05, 4.69) is 20.8 Å². The normalized spacial score (nSPS) is 28.6. The molecule has 0 heterocycles. The van der Waals surface area contributed by atoms with Gasteiger partial charge in [-0.2, -0.15) is 0 Å². The first-order chi connectivity index (χ1) is 9.29. The van der Waals surface area contributed by atoms with Crippen molar-refractivity contribution >= 4 is 5.97 Å². The van der Waals surface area contributed by atoms with Crippen molar-refractivity contribution in [3.05, 3.63) is 23.3 Å². The third kappa shape index (κ3) is 5.49. The van der Waals surface area contributed by atoms with Crippen LogP contribution in [-0.4, -0.2) is 23.3 Å². The molecule has 20 heavy (non-hydrogen) atoms. The predicted molar refractivity (Wildman–Crippen MR) is 81.3 cm³/mol. The summed E-state index contributed by atoms with van der Waals surface area (Å²) in [7, 11) is 0. The van der Waals surface area contributed by atoms with Crippen LogP contribution in [0.3, 0.4) is 0 Å². The zero-order valence-corrected chi connectivity index (χ0v) is 13.3. The molecule has 1 aliphatic rings. The number of carbonyl (C=O) groups is 1. The summed E-state index contributed by atoms with van der Waals surface area (Å²) in [5.41, 5.74) is 2.28. The summed E-state index contributed by atoms with van der Waals surface area (Å²) in [5, 5.41) is 9.99. The quantitative estimate of drug-likeness (QED) is 0.620. The van der Waals surface area contributed by atoms with Crippen molar-refractivity contribution in [1.82, 2.24) is 0 Å². The fraction of sp³-hybridized carbons (Fsp3) is 0.706. The third-order valence-electron chi connectivity index (χ3n) is 3.91. The van der Waals surface area contributed by atoms with Crippen LogP contribution >= 0.6 is 0 Å². The average Bonchev–Trinajstić information content (AvgIpc) is 2.25. The monoisotopic (exact) mass is 280 g/mol. The summed E-state index contributed by atoms with van der Waals surface area (Å²) < 4.78 is 5.52. The van der Waals surface area contributed by atoms with E-state index in [1.165, 1.54) is 12.5 Å². The number of ether oxygens (including phenoxy) is 1. The first-order valence-electron chi connectivity index (χ1n) is 7.49. The second-order valence-electron chi connectivity index (χ2n) is 6.32. The highest BCUT2D eigenvalue weighted by atomic mass is 16.5. The number of aliphatic hydroxyl groups excluding tert-OH is 1. The van der Waals surface area contributed by atoms with Crippen molar-refractivity contribution in [2.45, 2.75) is 66.1 Å². The standard InChI is InChI=1S/C17H28O3/c1-11(2)16-7-6-12(3)8-15(19)9-13(4)10-17(16)20-14(5)18/h8,10-11,15-17,19H,6-7,9H2,1-5H3. The van der Waals surface area contributed by atoms with Crippen LogP contribution in [0, 0.1) is 11.8 Å². The Morgan fingerprint density at radius 1 is 1.30 bits per heavy atom. The summed E-state index contributed by atoms with van der Waals surface area (Å²) in [6.07, 6.45) is 5.83. The van der Waals surface area contributed by atoms with E-state index in [0.717, 1.165) is 18.4 Å². The van der Waals surface area contributed by atoms with Crippen LogP contribution in [0.1, 0.15) is 53.9 Å².